The molecule has 0 aromatic carbocycles. The Morgan fingerprint density at radius 2 is 2.20 bits per heavy atom. The number of piperidine rings is 1. The van der Waals surface area contributed by atoms with Gasteiger partial charge in [0.1, 0.15) is 0 Å². The second-order valence-corrected chi connectivity index (χ2v) is 4.42. The van der Waals surface area contributed by atoms with E-state index in [0.717, 1.165) is 19.0 Å². The molecular weight excluding hydrogens is 186 g/mol. The predicted molar refractivity (Wildman–Crippen MR) is 62.8 cm³/mol. The highest BCUT2D eigenvalue weighted by atomic mass is 15.2. The van der Waals surface area contributed by atoms with Crippen LogP contribution in [0.25, 0.3) is 0 Å². The van der Waals surface area contributed by atoms with Gasteiger partial charge in [-0.2, -0.15) is 0 Å². The van der Waals surface area contributed by atoms with E-state index >= 15 is 0 Å². The third-order valence-electron chi connectivity index (χ3n) is 3.24. The van der Waals surface area contributed by atoms with Crippen molar-refractivity contribution in [3.8, 4) is 0 Å². The largest absolute Gasteiger partial charge is 0.367 e. The van der Waals surface area contributed by atoms with E-state index in [1.807, 2.05) is 12.4 Å². The minimum absolute atomic E-state index is 0.496. The zero-order chi connectivity index (χ0) is 10.7. The first-order valence-electron chi connectivity index (χ1n) is 5.68. The molecule has 0 aliphatic carbocycles. The molecule has 1 saturated heterocycles. The molecule has 0 radical (unpaired) electrons. The van der Waals surface area contributed by atoms with E-state index in [9.17, 15) is 0 Å². The molecule has 3 nitrogen and oxygen atoms in total. The molecule has 1 aliphatic rings. The number of hydrogen-bond acceptors (Lipinski definition) is 3. The monoisotopic (exact) mass is 205 g/mol. The van der Waals surface area contributed by atoms with Crippen molar-refractivity contribution in [3.63, 3.8) is 0 Å². The number of nitrogens with two attached hydrogens (primary N) is 1. The molecule has 1 fully saturated rings. The van der Waals surface area contributed by atoms with Gasteiger partial charge in [0.15, 0.2) is 0 Å². The van der Waals surface area contributed by atoms with Crippen LogP contribution in [-0.4, -0.2) is 24.1 Å². The van der Waals surface area contributed by atoms with Gasteiger partial charge in [-0.25, -0.2) is 0 Å². The summed E-state index contributed by atoms with van der Waals surface area (Å²) in [6.07, 6.45) is 6.17. The lowest BCUT2D eigenvalue weighted by Crippen LogP contribution is -2.46. The molecule has 2 rings (SSSR count). The van der Waals surface area contributed by atoms with Gasteiger partial charge >= 0.3 is 0 Å². The lowest BCUT2D eigenvalue weighted by Gasteiger charge is -2.39. The summed E-state index contributed by atoms with van der Waals surface area (Å²) in [5.74, 6) is 0.802. The molecule has 3 heteroatoms. The molecule has 2 atom stereocenters. The topological polar surface area (TPSA) is 42.2 Å². The van der Waals surface area contributed by atoms with E-state index in [1.165, 1.54) is 18.5 Å². The smallest absolute Gasteiger partial charge is 0.0414 e. The van der Waals surface area contributed by atoms with Crippen molar-refractivity contribution in [1.29, 1.82) is 0 Å². The molecule has 0 bridgehead atoms. The zero-order valence-electron chi connectivity index (χ0n) is 9.26. The number of aromatic nitrogens is 1. The maximum Gasteiger partial charge on any atom is 0.0414 e. The van der Waals surface area contributed by atoms with Crippen molar-refractivity contribution in [1.82, 2.24) is 4.98 Å². The van der Waals surface area contributed by atoms with Crippen LogP contribution in [0.3, 0.4) is 0 Å². The van der Waals surface area contributed by atoms with Crippen molar-refractivity contribution < 1.29 is 0 Å². The fourth-order valence-electron chi connectivity index (χ4n) is 2.35. The molecule has 15 heavy (non-hydrogen) atoms. The molecule has 1 aliphatic heterocycles. The number of pyridine rings is 1. The molecule has 1 aromatic heterocycles. The lowest BCUT2D eigenvalue weighted by atomic mass is 9.92. The number of rotatable bonds is 2. The van der Waals surface area contributed by atoms with E-state index in [-0.39, 0.29) is 0 Å². The van der Waals surface area contributed by atoms with Gasteiger partial charge < -0.3 is 10.6 Å². The van der Waals surface area contributed by atoms with Gasteiger partial charge in [0.25, 0.3) is 0 Å². The average Bonchev–Trinajstić information content (AvgIpc) is 2.30. The Hall–Kier alpha value is -1.09. The third kappa shape index (κ3) is 2.29. The van der Waals surface area contributed by atoms with Crippen LogP contribution in [-0.2, 0) is 0 Å². The van der Waals surface area contributed by atoms with Crippen molar-refractivity contribution in [3.05, 3.63) is 24.5 Å². The van der Waals surface area contributed by atoms with E-state index in [0.29, 0.717) is 6.04 Å². The first-order chi connectivity index (χ1) is 7.31. The number of nitrogens with zero attached hydrogens (tertiary/aromatic N) is 2. The number of anilines is 1. The van der Waals surface area contributed by atoms with Gasteiger partial charge in [0, 0.05) is 37.2 Å². The maximum absolute atomic E-state index is 5.84. The minimum atomic E-state index is 0.496. The highest BCUT2D eigenvalue weighted by Gasteiger charge is 2.25. The summed E-state index contributed by atoms with van der Waals surface area (Å²) in [7, 11) is 0. The lowest BCUT2D eigenvalue weighted by molar-refractivity contribution is 0.367. The normalized spacial score (nSPS) is 26.7. The van der Waals surface area contributed by atoms with Crippen LogP contribution in [0.5, 0.6) is 0 Å². The molecule has 0 saturated carbocycles. The summed E-state index contributed by atoms with van der Waals surface area (Å²) in [5.41, 5.74) is 7.09. The van der Waals surface area contributed by atoms with Gasteiger partial charge in [-0.3, -0.25) is 4.98 Å². The summed E-state index contributed by atoms with van der Waals surface area (Å²) >= 11 is 0. The Morgan fingerprint density at radius 1 is 1.47 bits per heavy atom. The zero-order valence-corrected chi connectivity index (χ0v) is 9.26. The van der Waals surface area contributed by atoms with Crippen molar-refractivity contribution in [2.75, 3.05) is 18.0 Å². The predicted octanol–water partition coefficient (Wildman–Crippen LogP) is 1.65. The first-order valence-corrected chi connectivity index (χ1v) is 5.68. The molecule has 0 amide bonds. The van der Waals surface area contributed by atoms with Crippen molar-refractivity contribution in [2.45, 2.75) is 25.8 Å². The Labute approximate surface area is 91.3 Å². The highest BCUT2D eigenvalue weighted by Crippen LogP contribution is 2.26. The van der Waals surface area contributed by atoms with Gasteiger partial charge in [0.2, 0.25) is 0 Å². The molecule has 0 spiro atoms. The molecule has 2 N–H and O–H groups in total. The minimum Gasteiger partial charge on any atom is -0.367 e. The average molecular weight is 205 g/mol. The van der Waals surface area contributed by atoms with Crippen LogP contribution >= 0.6 is 0 Å². The van der Waals surface area contributed by atoms with E-state index in [4.69, 9.17) is 5.73 Å². The molecule has 2 unspecified atom stereocenters. The van der Waals surface area contributed by atoms with Crippen LogP contribution in [0, 0.1) is 5.92 Å². The molecule has 82 valence electrons. The van der Waals surface area contributed by atoms with E-state index in [2.05, 4.69) is 28.9 Å². The molecule has 1 aromatic rings. The van der Waals surface area contributed by atoms with Crippen molar-refractivity contribution >= 4 is 5.69 Å². The van der Waals surface area contributed by atoms with E-state index in [1.54, 1.807) is 0 Å². The van der Waals surface area contributed by atoms with Crippen molar-refractivity contribution in [2.24, 2.45) is 11.7 Å². The summed E-state index contributed by atoms with van der Waals surface area (Å²) < 4.78 is 0. The van der Waals surface area contributed by atoms with Gasteiger partial charge in [-0.05, 0) is 30.9 Å². The summed E-state index contributed by atoms with van der Waals surface area (Å²) in [4.78, 5) is 6.47. The Bertz CT molecular complexity index is 299. The second-order valence-electron chi connectivity index (χ2n) is 4.42. The van der Waals surface area contributed by atoms with Crippen LogP contribution in [0.2, 0.25) is 0 Å². The van der Waals surface area contributed by atoms with Crippen LogP contribution in [0.1, 0.15) is 19.8 Å². The Morgan fingerprint density at radius 3 is 2.87 bits per heavy atom. The maximum atomic E-state index is 5.84. The first kappa shape index (κ1) is 10.4. The summed E-state index contributed by atoms with van der Waals surface area (Å²) in [5, 5.41) is 0. The van der Waals surface area contributed by atoms with Crippen LogP contribution < -0.4 is 10.6 Å². The van der Waals surface area contributed by atoms with Gasteiger partial charge in [-0.1, -0.05) is 6.92 Å². The van der Waals surface area contributed by atoms with Crippen LogP contribution in [0.4, 0.5) is 5.69 Å². The fraction of sp³-hybridized carbons (Fsp3) is 0.583. The molecular formula is C12H19N3. The van der Waals surface area contributed by atoms with E-state index < -0.39 is 0 Å². The Kier molecular flexibility index (Phi) is 3.21. The van der Waals surface area contributed by atoms with Gasteiger partial charge in [-0.15, -0.1) is 0 Å². The summed E-state index contributed by atoms with van der Waals surface area (Å²) in [6, 6.07) is 4.63. The fourth-order valence-corrected chi connectivity index (χ4v) is 2.35. The second kappa shape index (κ2) is 4.62. The SMILES string of the molecule is CC1CCN(c2ccncc2)C(CN)C1. The highest BCUT2D eigenvalue weighted by molar-refractivity contribution is 5.46. The third-order valence-corrected chi connectivity index (χ3v) is 3.24. The quantitative estimate of drug-likeness (QED) is 0.798. The number of hydrogen-bond donors (Lipinski definition) is 1. The standard InChI is InChI=1S/C12H19N3/c1-10-4-7-15(12(8-10)9-13)11-2-5-14-6-3-11/h2-3,5-6,10,12H,4,7-9,13H2,1H3. The Balaban J connectivity index is 2.14. The van der Waals surface area contributed by atoms with Gasteiger partial charge in [0.05, 0.1) is 0 Å². The summed E-state index contributed by atoms with van der Waals surface area (Å²) in [6.45, 7) is 4.17. The molecule has 2 heterocycles. The van der Waals surface area contributed by atoms with Crippen LogP contribution in [0.15, 0.2) is 24.5 Å².